The Kier molecular flexibility index (Phi) is 8.07. The van der Waals surface area contributed by atoms with Crippen LogP contribution < -0.4 is 22.1 Å². The normalized spacial score (nSPS) is 18.7. The SMILES string of the molecule is CCOCC(C)(C)CNC(=O)c1nc(N[C@H]2CCCC[C@H]2N=C(N)N)c2cc(C)ccc2n1. The number of amides is 1. The second kappa shape index (κ2) is 10.8. The number of nitrogens with zero attached hydrogens (tertiary/aromatic N) is 3. The van der Waals surface area contributed by atoms with Crippen LogP contribution in [0, 0.1) is 12.3 Å². The van der Waals surface area contributed by atoms with E-state index < -0.39 is 0 Å². The van der Waals surface area contributed by atoms with Crippen LogP contribution in [0.2, 0.25) is 0 Å². The minimum atomic E-state index is -0.311. The lowest BCUT2D eigenvalue weighted by atomic mass is 9.90. The summed E-state index contributed by atoms with van der Waals surface area (Å²) in [7, 11) is 0. The number of guanidine groups is 1. The smallest absolute Gasteiger partial charge is 0.289 e. The van der Waals surface area contributed by atoms with Gasteiger partial charge in [-0.2, -0.15) is 0 Å². The van der Waals surface area contributed by atoms with Crippen molar-refractivity contribution in [1.29, 1.82) is 0 Å². The van der Waals surface area contributed by atoms with Crippen molar-refractivity contribution in [2.75, 3.05) is 25.1 Å². The molecule has 0 radical (unpaired) electrons. The highest BCUT2D eigenvalue weighted by molar-refractivity contribution is 5.96. The van der Waals surface area contributed by atoms with Crippen molar-refractivity contribution in [3.8, 4) is 0 Å². The van der Waals surface area contributed by atoms with E-state index in [1.165, 1.54) is 0 Å². The molecule has 2 aromatic rings. The fourth-order valence-electron chi connectivity index (χ4n) is 4.08. The predicted octanol–water partition coefficient (Wildman–Crippen LogP) is 2.73. The van der Waals surface area contributed by atoms with Crippen LogP contribution in [-0.4, -0.2) is 53.7 Å². The van der Waals surface area contributed by atoms with E-state index in [2.05, 4.69) is 25.6 Å². The summed E-state index contributed by atoms with van der Waals surface area (Å²) < 4.78 is 5.53. The molecule has 6 N–H and O–H groups in total. The third-order valence-corrected chi connectivity index (χ3v) is 5.85. The van der Waals surface area contributed by atoms with E-state index >= 15 is 0 Å². The van der Waals surface area contributed by atoms with Gasteiger partial charge in [0.25, 0.3) is 5.91 Å². The van der Waals surface area contributed by atoms with Crippen molar-refractivity contribution in [2.45, 2.75) is 65.5 Å². The number of rotatable bonds is 9. The fraction of sp³-hybridized carbons (Fsp3) is 0.583. The van der Waals surface area contributed by atoms with E-state index in [-0.39, 0.29) is 35.2 Å². The number of aliphatic imine (C=N–C) groups is 1. The van der Waals surface area contributed by atoms with E-state index in [0.29, 0.717) is 31.1 Å². The van der Waals surface area contributed by atoms with Gasteiger partial charge >= 0.3 is 0 Å². The Morgan fingerprint density at radius 2 is 2.00 bits per heavy atom. The van der Waals surface area contributed by atoms with Gasteiger partial charge < -0.3 is 26.8 Å². The Labute approximate surface area is 195 Å². The van der Waals surface area contributed by atoms with Crippen LogP contribution >= 0.6 is 0 Å². The first kappa shape index (κ1) is 24.7. The van der Waals surface area contributed by atoms with Gasteiger partial charge in [0.1, 0.15) is 5.82 Å². The Morgan fingerprint density at radius 1 is 1.24 bits per heavy atom. The van der Waals surface area contributed by atoms with Gasteiger partial charge in [0.2, 0.25) is 5.82 Å². The van der Waals surface area contributed by atoms with Crippen LogP contribution in [0.4, 0.5) is 5.82 Å². The molecule has 0 bridgehead atoms. The van der Waals surface area contributed by atoms with E-state index in [9.17, 15) is 4.79 Å². The van der Waals surface area contributed by atoms with Crippen LogP contribution in [0.15, 0.2) is 23.2 Å². The van der Waals surface area contributed by atoms with Crippen LogP contribution in [0.5, 0.6) is 0 Å². The molecule has 0 aliphatic heterocycles. The molecule has 9 nitrogen and oxygen atoms in total. The summed E-state index contributed by atoms with van der Waals surface area (Å²) in [5.41, 5.74) is 12.9. The van der Waals surface area contributed by atoms with E-state index in [4.69, 9.17) is 16.2 Å². The Bertz CT molecular complexity index is 1000. The Morgan fingerprint density at radius 3 is 2.73 bits per heavy atom. The van der Waals surface area contributed by atoms with Gasteiger partial charge in [0.15, 0.2) is 5.96 Å². The van der Waals surface area contributed by atoms with E-state index in [1.54, 1.807) is 0 Å². The largest absolute Gasteiger partial charge is 0.381 e. The summed E-state index contributed by atoms with van der Waals surface area (Å²) in [5.74, 6) is 0.543. The topological polar surface area (TPSA) is 141 Å². The van der Waals surface area contributed by atoms with Gasteiger partial charge in [-0.1, -0.05) is 38.3 Å². The van der Waals surface area contributed by atoms with Gasteiger partial charge in [0, 0.05) is 24.0 Å². The number of nitrogens with two attached hydrogens (primary N) is 2. The highest BCUT2D eigenvalue weighted by Gasteiger charge is 2.27. The summed E-state index contributed by atoms with van der Waals surface area (Å²) in [5, 5.41) is 7.37. The molecule has 0 saturated heterocycles. The van der Waals surface area contributed by atoms with Crippen molar-refractivity contribution >= 4 is 28.6 Å². The molecule has 1 saturated carbocycles. The van der Waals surface area contributed by atoms with Crippen LogP contribution in [0.1, 0.15) is 62.6 Å². The summed E-state index contributed by atoms with van der Waals surface area (Å²) >= 11 is 0. The first-order chi connectivity index (χ1) is 15.7. The van der Waals surface area contributed by atoms with Gasteiger partial charge in [-0.05, 0) is 38.8 Å². The molecule has 9 heteroatoms. The highest BCUT2D eigenvalue weighted by Crippen LogP contribution is 2.28. The molecule has 180 valence electrons. The van der Waals surface area contributed by atoms with Crippen molar-refractivity contribution in [3.63, 3.8) is 0 Å². The third-order valence-electron chi connectivity index (χ3n) is 5.85. The van der Waals surface area contributed by atoms with Crippen molar-refractivity contribution in [3.05, 3.63) is 29.6 Å². The molecule has 2 atom stereocenters. The number of hydrogen-bond acceptors (Lipinski definition) is 6. The zero-order valence-corrected chi connectivity index (χ0v) is 20.1. The second-order valence-electron chi connectivity index (χ2n) is 9.56. The summed E-state index contributed by atoms with van der Waals surface area (Å²) in [6, 6.07) is 5.93. The summed E-state index contributed by atoms with van der Waals surface area (Å²) in [6.07, 6.45) is 3.98. The van der Waals surface area contributed by atoms with E-state index in [0.717, 1.165) is 36.6 Å². The molecule has 3 rings (SSSR count). The summed E-state index contributed by atoms with van der Waals surface area (Å²) in [4.78, 5) is 26.6. The maximum absolute atomic E-state index is 13.0. The van der Waals surface area contributed by atoms with Gasteiger partial charge in [0.05, 0.1) is 24.2 Å². The summed E-state index contributed by atoms with van der Waals surface area (Å²) in [6.45, 7) is 9.73. The van der Waals surface area contributed by atoms with Crippen LogP contribution in [-0.2, 0) is 4.74 Å². The first-order valence-corrected chi connectivity index (χ1v) is 11.7. The van der Waals surface area contributed by atoms with Crippen LogP contribution in [0.3, 0.4) is 0 Å². The third kappa shape index (κ3) is 6.77. The predicted molar refractivity (Wildman–Crippen MR) is 132 cm³/mol. The average Bonchev–Trinajstić information content (AvgIpc) is 2.77. The maximum Gasteiger partial charge on any atom is 0.289 e. The number of benzene rings is 1. The number of hydrogen-bond donors (Lipinski definition) is 4. The van der Waals surface area contributed by atoms with Crippen molar-refractivity contribution in [1.82, 2.24) is 15.3 Å². The minimum absolute atomic E-state index is 0.0282. The first-order valence-electron chi connectivity index (χ1n) is 11.7. The molecule has 0 spiro atoms. The molecular weight excluding hydrogens is 418 g/mol. The standard InChI is InChI=1S/C24H37N7O2/c1-5-33-14-24(3,4)13-27-22(32)21-28-17-11-10-15(2)12-16(17)20(31-21)29-18-8-6-7-9-19(18)30-23(25)26/h10-12,18-19H,5-9,13-14H2,1-4H3,(H,27,32)(H4,25,26,30)(H,28,29,31)/t18-,19+/m0/s1. The van der Waals surface area contributed by atoms with Gasteiger partial charge in [-0.25, -0.2) is 15.0 Å². The number of carbonyl (C=O) groups is 1. The average molecular weight is 456 g/mol. The fourth-order valence-corrected chi connectivity index (χ4v) is 4.08. The molecular formula is C24H37N7O2. The number of anilines is 1. The quantitative estimate of drug-likeness (QED) is 0.336. The minimum Gasteiger partial charge on any atom is -0.381 e. The number of nitrogens with one attached hydrogen (secondary N) is 2. The lowest BCUT2D eigenvalue weighted by Gasteiger charge is -2.30. The Balaban J connectivity index is 1.88. The second-order valence-corrected chi connectivity index (χ2v) is 9.56. The molecule has 1 amide bonds. The molecule has 1 aromatic heterocycles. The van der Waals surface area contributed by atoms with Gasteiger partial charge in [-0.15, -0.1) is 0 Å². The van der Waals surface area contributed by atoms with Crippen molar-refractivity contribution in [2.24, 2.45) is 21.9 Å². The molecule has 1 fully saturated rings. The highest BCUT2D eigenvalue weighted by atomic mass is 16.5. The zero-order valence-electron chi connectivity index (χ0n) is 20.1. The number of fused-ring (bicyclic) bond motifs is 1. The van der Waals surface area contributed by atoms with E-state index in [1.807, 2.05) is 45.9 Å². The number of aromatic nitrogens is 2. The lowest BCUT2D eigenvalue weighted by Crippen LogP contribution is -2.39. The molecule has 0 unspecified atom stereocenters. The molecule has 1 aromatic carbocycles. The number of ether oxygens (including phenoxy) is 1. The van der Waals surface area contributed by atoms with Crippen molar-refractivity contribution < 1.29 is 9.53 Å². The van der Waals surface area contributed by atoms with Gasteiger partial charge in [-0.3, -0.25) is 4.79 Å². The number of carbonyl (C=O) groups excluding carboxylic acids is 1. The molecule has 1 aliphatic carbocycles. The lowest BCUT2D eigenvalue weighted by molar-refractivity contribution is 0.0664. The van der Waals surface area contributed by atoms with Crippen LogP contribution in [0.25, 0.3) is 10.9 Å². The molecule has 33 heavy (non-hydrogen) atoms. The maximum atomic E-state index is 13.0. The monoisotopic (exact) mass is 455 g/mol. The molecule has 1 aliphatic rings. The Hall–Kier alpha value is -2.94. The molecule has 1 heterocycles. The zero-order chi connectivity index (χ0) is 24.0. The number of aryl methyl sites for hydroxylation is 1.